The Morgan fingerprint density at radius 1 is 1.16 bits per heavy atom. The van der Waals surface area contributed by atoms with E-state index in [1.54, 1.807) is 23.0 Å². The Morgan fingerprint density at radius 2 is 1.89 bits per heavy atom. The summed E-state index contributed by atoms with van der Waals surface area (Å²) in [4.78, 5) is 22.1. The lowest BCUT2D eigenvalue weighted by atomic mass is 9.98. The SMILES string of the molecule is COC(=O)c1c(N)c2c(-c3ccccc3)c(C#N)c(SCc3csc(-c4ccc(Cl)cc4)n3)nc2n1C. The Bertz CT molecular complexity index is 1670. The Morgan fingerprint density at radius 3 is 2.57 bits per heavy atom. The van der Waals surface area contributed by atoms with Gasteiger partial charge in [0.2, 0.25) is 0 Å². The molecule has 2 aromatic carbocycles. The van der Waals surface area contributed by atoms with Crippen molar-refractivity contribution in [2.45, 2.75) is 10.8 Å². The van der Waals surface area contributed by atoms with Crippen LogP contribution in [-0.4, -0.2) is 27.6 Å². The predicted octanol–water partition coefficient (Wildman–Crippen LogP) is 6.55. The summed E-state index contributed by atoms with van der Waals surface area (Å²) in [6, 6.07) is 19.4. The second-order valence-corrected chi connectivity index (χ2v) is 10.4. The predicted molar refractivity (Wildman–Crippen MR) is 149 cm³/mol. The Kier molecular flexibility index (Phi) is 6.89. The summed E-state index contributed by atoms with van der Waals surface area (Å²) >= 11 is 8.97. The van der Waals surface area contributed by atoms with Crippen LogP contribution < -0.4 is 5.73 Å². The van der Waals surface area contributed by atoms with Crippen LogP contribution in [0.4, 0.5) is 5.69 Å². The van der Waals surface area contributed by atoms with Gasteiger partial charge < -0.3 is 15.0 Å². The smallest absolute Gasteiger partial charge is 0.356 e. The van der Waals surface area contributed by atoms with Crippen molar-refractivity contribution >= 4 is 57.4 Å². The molecule has 2 N–H and O–H groups in total. The number of thioether (sulfide) groups is 1. The van der Waals surface area contributed by atoms with Gasteiger partial charge in [-0.1, -0.05) is 65.8 Å². The van der Waals surface area contributed by atoms with Gasteiger partial charge in [0.05, 0.1) is 29.4 Å². The number of rotatable bonds is 6. The van der Waals surface area contributed by atoms with Crippen LogP contribution in [0.3, 0.4) is 0 Å². The highest BCUT2D eigenvalue weighted by Gasteiger charge is 2.27. The van der Waals surface area contributed by atoms with Gasteiger partial charge in [0.15, 0.2) is 5.69 Å². The zero-order valence-corrected chi connectivity index (χ0v) is 22.2. The number of halogens is 1. The van der Waals surface area contributed by atoms with Gasteiger partial charge in [-0.15, -0.1) is 11.3 Å². The number of hydrogen-bond acceptors (Lipinski definition) is 8. The monoisotopic (exact) mass is 545 g/mol. The molecule has 5 aromatic rings. The molecule has 3 aromatic heterocycles. The van der Waals surface area contributed by atoms with E-state index in [0.29, 0.717) is 38.0 Å². The number of methoxy groups -OCH3 is 1. The summed E-state index contributed by atoms with van der Waals surface area (Å²) in [7, 11) is 3.02. The number of esters is 1. The summed E-state index contributed by atoms with van der Waals surface area (Å²) in [6.07, 6.45) is 0. The maximum Gasteiger partial charge on any atom is 0.356 e. The number of nitrogens with zero attached hydrogens (tertiary/aromatic N) is 4. The molecule has 0 saturated carbocycles. The van der Waals surface area contributed by atoms with Gasteiger partial charge in [-0.25, -0.2) is 14.8 Å². The number of fused-ring (bicyclic) bond motifs is 1. The van der Waals surface area contributed by atoms with E-state index in [4.69, 9.17) is 32.0 Å². The molecule has 37 heavy (non-hydrogen) atoms. The minimum absolute atomic E-state index is 0.195. The molecular weight excluding hydrogens is 526 g/mol. The first-order chi connectivity index (χ1) is 17.9. The molecule has 184 valence electrons. The third-order valence-corrected chi connectivity index (χ3v) is 8.08. The third kappa shape index (κ3) is 4.55. The molecule has 10 heteroatoms. The van der Waals surface area contributed by atoms with Crippen LogP contribution in [0.25, 0.3) is 32.7 Å². The van der Waals surface area contributed by atoms with Crippen LogP contribution in [-0.2, 0) is 17.5 Å². The van der Waals surface area contributed by atoms with E-state index in [-0.39, 0.29) is 11.4 Å². The van der Waals surface area contributed by atoms with Gasteiger partial charge in [0, 0.05) is 34.3 Å². The number of carbonyl (C=O) groups excluding carboxylic acids is 1. The third-order valence-electron chi connectivity index (χ3n) is 5.88. The molecule has 0 spiro atoms. The van der Waals surface area contributed by atoms with Crippen molar-refractivity contribution in [1.29, 1.82) is 5.26 Å². The molecule has 0 aliphatic heterocycles. The number of hydrogen-bond donors (Lipinski definition) is 1. The zero-order valence-electron chi connectivity index (χ0n) is 19.9. The zero-order chi connectivity index (χ0) is 26.1. The average Bonchev–Trinajstić information content (AvgIpc) is 3.49. The van der Waals surface area contributed by atoms with Crippen molar-refractivity contribution in [3.8, 4) is 27.8 Å². The molecule has 5 rings (SSSR count). The molecule has 0 aliphatic rings. The number of aryl methyl sites for hydroxylation is 1. The van der Waals surface area contributed by atoms with Gasteiger partial charge in [0.25, 0.3) is 0 Å². The first kappa shape index (κ1) is 24.8. The van der Waals surface area contributed by atoms with E-state index in [0.717, 1.165) is 21.8 Å². The van der Waals surface area contributed by atoms with E-state index in [1.807, 2.05) is 60.0 Å². The highest BCUT2D eigenvalue weighted by atomic mass is 35.5. The van der Waals surface area contributed by atoms with Crippen molar-refractivity contribution < 1.29 is 9.53 Å². The van der Waals surface area contributed by atoms with Crippen molar-refractivity contribution in [2.24, 2.45) is 7.05 Å². The first-order valence-corrected chi connectivity index (χ1v) is 13.4. The Balaban J connectivity index is 1.60. The number of anilines is 1. The van der Waals surface area contributed by atoms with Crippen LogP contribution in [0, 0.1) is 11.3 Å². The van der Waals surface area contributed by atoms with Gasteiger partial charge in [-0.2, -0.15) is 5.26 Å². The fraction of sp³-hybridized carbons (Fsp3) is 0.111. The largest absolute Gasteiger partial charge is 0.464 e. The van der Waals surface area contributed by atoms with E-state index >= 15 is 0 Å². The standard InChI is InChI=1S/C27H20ClN5O2S2/c1-33-23(27(34)35-2)22(30)21-20(15-6-4-3-5-7-15)19(12-29)26(32-24(21)33)37-14-18-13-36-25(31-18)16-8-10-17(28)11-9-16/h3-11,13H,14,30H2,1-2H3. The molecule has 0 atom stereocenters. The van der Waals surface area contributed by atoms with E-state index < -0.39 is 5.97 Å². The van der Waals surface area contributed by atoms with Crippen LogP contribution in [0.2, 0.25) is 5.02 Å². The number of aromatic nitrogens is 3. The number of pyridine rings is 1. The summed E-state index contributed by atoms with van der Waals surface area (Å²) in [5.41, 5.74) is 11.1. The Labute approximate surface area is 226 Å². The lowest BCUT2D eigenvalue weighted by Crippen LogP contribution is -2.10. The quantitative estimate of drug-likeness (QED) is 0.190. The molecule has 0 aliphatic carbocycles. The molecule has 0 saturated heterocycles. The van der Waals surface area contributed by atoms with Crippen LogP contribution in [0.1, 0.15) is 21.7 Å². The number of carbonyl (C=O) groups is 1. The molecule has 0 unspecified atom stereocenters. The fourth-order valence-corrected chi connectivity index (χ4v) is 6.07. The molecule has 3 heterocycles. The summed E-state index contributed by atoms with van der Waals surface area (Å²) in [6.45, 7) is 0. The fourth-order valence-electron chi connectivity index (χ4n) is 4.14. The number of benzene rings is 2. The molecule has 7 nitrogen and oxygen atoms in total. The number of nitriles is 1. The normalized spacial score (nSPS) is 11.0. The van der Waals surface area contributed by atoms with E-state index in [2.05, 4.69) is 6.07 Å². The minimum Gasteiger partial charge on any atom is -0.464 e. The second kappa shape index (κ2) is 10.3. The van der Waals surface area contributed by atoms with Crippen molar-refractivity contribution in [3.63, 3.8) is 0 Å². The number of thiazole rings is 1. The average molecular weight is 546 g/mol. The highest BCUT2D eigenvalue weighted by molar-refractivity contribution is 7.98. The van der Waals surface area contributed by atoms with Gasteiger partial charge in [-0.3, -0.25) is 0 Å². The summed E-state index contributed by atoms with van der Waals surface area (Å²) in [5, 5.41) is 14.9. The van der Waals surface area contributed by atoms with E-state index in [1.165, 1.54) is 18.9 Å². The van der Waals surface area contributed by atoms with Crippen molar-refractivity contribution in [3.05, 3.63) is 82.0 Å². The topological polar surface area (TPSA) is 107 Å². The van der Waals surface area contributed by atoms with Crippen LogP contribution in [0.5, 0.6) is 0 Å². The molecular formula is C27H20ClN5O2S2. The molecule has 0 fully saturated rings. The first-order valence-electron chi connectivity index (χ1n) is 11.1. The molecule has 0 radical (unpaired) electrons. The van der Waals surface area contributed by atoms with Gasteiger partial charge in [0.1, 0.15) is 21.7 Å². The summed E-state index contributed by atoms with van der Waals surface area (Å²) in [5.74, 6) is -0.0585. The Hall–Kier alpha value is -3.84. The highest BCUT2D eigenvalue weighted by Crippen LogP contribution is 2.42. The van der Waals surface area contributed by atoms with Crippen LogP contribution in [0.15, 0.2) is 65.0 Å². The van der Waals surface area contributed by atoms with Crippen LogP contribution >= 0.6 is 34.7 Å². The van der Waals surface area contributed by atoms with E-state index in [9.17, 15) is 10.1 Å². The number of nitrogens with two attached hydrogens (primary N) is 1. The molecule has 0 bridgehead atoms. The van der Waals surface area contributed by atoms with Gasteiger partial charge >= 0.3 is 5.97 Å². The maximum absolute atomic E-state index is 12.5. The minimum atomic E-state index is -0.568. The van der Waals surface area contributed by atoms with Crippen molar-refractivity contribution in [1.82, 2.24) is 14.5 Å². The second-order valence-electron chi connectivity index (χ2n) is 8.10. The lowest BCUT2D eigenvalue weighted by molar-refractivity contribution is 0.0591. The maximum atomic E-state index is 12.5. The molecule has 0 amide bonds. The number of nitrogen functional groups attached to an aromatic ring is 1. The summed E-state index contributed by atoms with van der Waals surface area (Å²) < 4.78 is 6.58. The number of ether oxygens (including phenoxy) is 1. The lowest BCUT2D eigenvalue weighted by Gasteiger charge is -2.12. The van der Waals surface area contributed by atoms with Crippen molar-refractivity contribution in [2.75, 3.05) is 12.8 Å². The van der Waals surface area contributed by atoms with Gasteiger partial charge in [-0.05, 0) is 17.7 Å².